The third-order valence-corrected chi connectivity index (χ3v) is 5.14. The van der Waals surface area contributed by atoms with Gasteiger partial charge in [0.2, 0.25) is 11.8 Å². The molecule has 2 aromatic rings. The number of thioether (sulfide) groups is 1. The second-order valence-corrected chi connectivity index (χ2v) is 7.44. The number of nitro groups is 1. The smallest absolute Gasteiger partial charge is 0.293 e. The minimum absolute atomic E-state index is 0.0966. The van der Waals surface area contributed by atoms with Crippen LogP contribution < -0.4 is 15.4 Å². The molecule has 2 aromatic carbocycles. The second kappa shape index (κ2) is 8.74. The summed E-state index contributed by atoms with van der Waals surface area (Å²) in [6.07, 6.45) is -0.140. The Morgan fingerprint density at radius 2 is 2.14 bits per heavy atom. The highest BCUT2D eigenvalue weighted by molar-refractivity contribution is 8.15. The number of anilines is 1. The molecule has 0 aliphatic carbocycles. The first-order valence-electron chi connectivity index (χ1n) is 8.61. The molecule has 150 valence electrons. The number of aliphatic imine (C=N–C) groups is 1. The Kier molecular flexibility index (Phi) is 6.13. The molecule has 0 saturated carbocycles. The Morgan fingerprint density at radius 3 is 2.86 bits per heavy atom. The number of benzene rings is 2. The lowest BCUT2D eigenvalue weighted by atomic mass is 10.2. The molecular weight excluding hydrogens is 396 g/mol. The number of hydrogen-bond donors (Lipinski definition) is 2. The van der Waals surface area contributed by atoms with Crippen LogP contribution >= 0.6 is 11.8 Å². The average molecular weight is 414 g/mol. The lowest BCUT2D eigenvalue weighted by Gasteiger charge is -2.08. The van der Waals surface area contributed by atoms with Gasteiger partial charge in [-0.15, -0.1) is 0 Å². The van der Waals surface area contributed by atoms with E-state index in [0.29, 0.717) is 22.2 Å². The van der Waals surface area contributed by atoms with Crippen molar-refractivity contribution in [3.05, 3.63) is 58.1 Å². The van der Waals surface area contributed by atoms with E-state index in [1.165, 1.54) is 12.1 Å². The molecule has 1 saturated heterocycles. The van der Waals surface area contributed by atoms with Crippen molar-refractivity contribution < 1.29 is 19.2 Å². The zero-order chi connectivity index (χ0) is 21.0. The standard InChI is InChI=1S/C19H18N4O5S/c1-11-6-7-14(15(8-11)23(26)27)21-17(24)10-16-18(25)22-19(29-16)20-12-4-3-5-13(9-12)28-2/h3-9,16H,10H2,1-2H3,(H,21,24)(H,20,22,25)/t16-/m0/s1. The summed E-state index contributed by atoms with van der Waals surface area (Å²) >= 11 is 1.13. The lowest BCUT2D eigenvalue weighted by molar-refractivity contribution is -0.384. The summed E-state index contributed by atoms with van der Waals surface area (Å²) in [5.74, 6) is -0.200. The molecule has 0 spiro atoms. The number of rotatable bonds is 6. The van der Waals surface area contributed by atoms with Gasteiger partial charge in [-0.2, -0.15) is 0 Å². The van der Waals surface area contributed by atoms with Gasteiger partial charge in [0, 0.05) is 18.6 Å². The van der Waals surface area contributed by atoms with Gasteiger partial charge in [-0.1, -0.05) is 23.9 Å². The number of aryl methyl sites for hydroxylation is 1. The number of carbonyl (C=O) groups excluding carboxylic acids is 2. The van der Waals surface area contributed by atoms with Crippen LogP contribution in [0.3, 0.4) is 0 Å². The summed E-state index contributed by atoms with van der Waals surface area (Å²) in [4.78, 5) is 39.5. The molecule has 1 aliphatic heterocycles. The number of hydrogen-bond acceptors (Lipinski definition) is 7. The van der Waals surface area contributed by atoms with E-state index in [1.807, 2.05) is 0 Å². The first-order valence-corrected chi connectivity index (χ1v) is 9.49. The van der Waals surface area contributed by atoms with Gasteiger partial charge in [-0.05, 0) is 30.7 Å². The molecule has 9 nitrogen and oxygen atoms in total. The van der Waals surface area contributed by atoms with E-state index in [0.717, 1.165) is 11.8 Å². The maximum atomic E-state index is 12.3. The van der Waals surface area contributed by atoms with Crippen LogP contribution in [0.1, 0.15) is 12.0 Å². The monoisotopic (exact) mass is 414 g/mol. The average Bonchev–Trinajstić information content (AvgIpc) is 3.01. The lowest BCUT2D eigenvalue weighted by Crippen LogP contribution is -2.28. The quantitative estimate of drug-likeness (QED) is 0.553. The van der Waals surface area contributed by atoms with Crippen LogP contribution in [-0.2, 0) is 9.59 Å². The van der Waals surface area contributed by atoms with Crippen LogP contribution in [-0.4, -0.2) is 34.3 Å². The van der Waals surface area contributed by atoms with Crippen molar-refractivity contribution in [2.45, 2.75) is 18.6 Å². The number of nitrogens with one attached hydrogen (secondary N) is 2. The largest absolute Gasteiger partial charge is 0.497 e. The predicted molar refractivity (Wildman–Crippen MR) is 111 cm³/mol. The van der Waals surface area contributed by atoms with E-state index in [-0.39, 0.29) is 23.7 Å². The fourth-order valence-corrected chi connectivity index (χ4v) is 3.65. The maximum Gasteiger partial charge on any atom is 0.293 e. The summed E-state index contributed by atoms with van der Waals surface area (Å²) < 4.78 is 5.14. The van der Waals surface area contributed by atoms with E-state index < -0.39 is 16.1 Å². The number of nitro benzene ring substituents is 1. The Balaban J connectivity index is 1.66. The fourth-order valence-electron chi connectivity index (χ4n) is 2.66. The van der Waals surface area contributed by atoms with Crippen LogP contribution in [0.2, 0.25) is 0 Å². The first-order chi connectivity index (χ1) is 13.9. The zero-order valence-corrected chi connectivity index (χ0v) is 16.5. The summed E-state index contributed by atoms with van der Waals surface area (Å²) in [5.41, 5.74) is 1.22. The van der Waals surface area contributed by atoms with Gasteiger partial charge < -0.3 is 15.4 Å². The van der Waals surface area contributed by atoms with Gasteiger partial charge in [-0.25, -0.2) is 4.99 Å². The minimum atomic E-state index is -0.677. The molecule has 0 bridgehead atoms. The number of methoxy groups -OCH3 is 1. The molecule has 2 amide bonds. The van der Waals surface area contributed by atoms with Crippen molar-refractivity contribution in [2.75, 3.05) is 12.4 Å². The van der Waals surface area contributed by atoms with E-state index in [2.05, 4.69) is 15.6 Å². The van der Waals surface area contributed by atoms with E-state index in [1.54, 1.807) is 44.4 Å². The SMILES string of the molecule is COc1cccc(N=C2NC(=O)[C@H](CC(=O)Nc3ccc(C)cc3[N+](=O)[O-])S2)c1. The van der Waals surface area contributed by atoms with Crippen LogP contribution in [0.4, 0.5) is 17.1 Å². The maximum absolute atomic E-state index is 12.3. The van der Waals surface area contributed by atoms with Crippen molar-refractivity contribution in [2.24, 2.45) is 4.99 Å². The number of nitrogens with zero attached hydrogens (tertiary/aromatic N) is 2. The molecule has 1 atom stereocenters. The molecule has 0 unspecified atom stereocenters. The number of carbonyl (C=O) groups is 2. The van der Waals surface area contributed by atoms with Crippen molar-refractivity contribution >= 4 is 45.8 Å². The molecule has 3 rings (SSSR count). The summed E-state index contributed by atoms with van der Waals surface area (Å²) in [6, 6.07) is 11.6. The molecule has 1 fully saturated rings. The Hall–Kier alpha value is -3.40. The Labute approximate surface area is 170 Å². The van der Waals surface area contributed by atoms with Gasteiger partial charge in [0.15, 0.2) is 5.17 Å². The molecule has 1 aliphatic rings. The highest BCUT2D eigenvalue weighted by Crippen LogP contribution is 2.29. The van der Waals surface area contributed by atoms with Gasteiger partial charge in [-0.3, -0.25) is 19.7 Å². The zero-order valence-electron chi connectivity index (χ0n) is 15.7. The second-order valence-electron chi connectivity index (χ2n) is 6.24. The van der Waals surface area contributed by atoms with Gasteiger partial charge in [0.25, 0.3) is 5.69 Å². The number of amides is 2. The fraction of sp³-hybridized carbons (Fsp3) is 0.211. The van der Waals surface area contributed by atoms with Crippen LogP contribution in [0, 0.1) is 17.0 Å². The summed E-state index contributed by atoms with van der Waals surface area (Å²) in [6.45, 7) is 1.72. The minimum Gasteiger partial charge on any atom is -0.497 e. The normalized spacial score (nSPS) is 17.1. The Bertz CT molecular complexity index is 1010. The van der Waals surface area contributed by atoms with Crippen LogP contribution in [0.5, 0.6) is 5.75 Å². The molecule has 29 heavy (non-hydrogen) atoms. The van der Waals surface area contributed by atoms with Crippen LogP contribution in [0.15, 0.2) is 47.5 Å². The molecule has 10 heteroatoms. The number of amidine groups is 1. The van der Waals surface area contributed by atoms with Gasteiger partial charge in [0.05, 0.1) is 17.7 Å². The van der Waals surface area contributed by atoms with E-state index in [9.17, 15) is 19.7 Å². The van der Waals surface area contributed by atoms with Gasteiger partial charge >= 0.3 is 0 Å². The Morgan fingerprint density at radius 1 is 1.34 bits per heavy atom. The highest BCUT2D eigenvalue weighted by Gasteiger charge is 2.32. The summed E-state index contributed by atoms with van der Waals surface area (Å²) in [5, 5.41) is 16.0. The van der Waals surface area contributed by atoms with E-state index in [4.69, 9.17) is 4.74 Å². The molecule has 2 N–H and O–H groups in total. The molecular formula is C19H18N4O5S. The highest BCUT2D eigenvalue weighted by atomic mass is 32.2. The predicted octanol–water partition coefficient (Wildman–Crippen LogP) is 3.16. The summed E-state index contributed by atoms with van der Waals surface area (Å²) in [7, 11) is 1.55. The van der Waals surface area contributed by atoms with Crippen molar-refractivity contribution in [3.63, 3.8) is 0 Å². The van der Waals surface area contributed by atoms with Gasteiger partial charge in [0.1, 0.15) is 16.7 Å². The molecule has 0 aromatic heterocycles. The van der Waals surface area contributed by atoms with Crippen LogP contribution in [0.25, 0.3) is 0 Å². The van der Waals surface area contributed by atoms with Crippen molar-refractivity contribution in [1.29, 1.82) is 0 Å². The van der Waals surface area contributed by atoms with E-state index >= 15 is 0 Å². The third kappa shape index (κ3) is 5.11. The van der Waals surface area contributed by atoms with Crippen molar-refractivity contribution in [1.82, 2.24) is 5.32 Å². The number of ether oxygens (including phenoxy) is 1. The first kappa shape index (κ1) is 20.3. The molecule has 1 heterocycles. The third-order valence-electron chi connectivity index (χ3n) is 4.06. The van der Waals surface area contributed by atoms with Crippen molar-refractivity contribution in [3.8, 4) is 5.75 Å². The topological polar surface area (TPSA) is 123 Å². The molecule has 0 radical (unpaired) electrons.